The van der Waals surface area contributed by atoms with Gasteiger partial charge in [-0.2, -0.15) is 0 Å². The zero-order valence-electron chi connectivity index (χ0n) is 9.72. The van der Waals surface area contributed by atoms with Crippen molar-refractivity contribution >= 4 is 57.1 Å². The van der Waals surface area contributed by atoms with Crippen LogP contribution in [-0.2, 0) is 4.79 Å². The quantitative estimate of drug-likeness (QED) is 0.474. The molecule has 0 aliphatic rings. The average Bonchev–Trinajstić information content (AvgIpc) is 2.29. The molecule has 1 aromatic rings. The molecule has 104 valence electrons. The third-order valence-electron chi connectivity index (χ3n) is 2.31. The van der Waals surface area contributed by atoms with Crippen LogP contribution in [0.15, 0.2) is 12.1 Å². The Bertz CT molecular complexity index is 518. The van der Waals surface area contributed by atoms with Gasteiger partial charge in [-0.3, -0.25) is 4.79 Å². The van der Waals surface area contributed by atoms with Crippen molar-refractivity contribution < 1.29 is 24.9 Å². The highest BCUT2D eigenvalue weighted by molar-refractivity contribution is 14.1. The van der Waals surface area contributed by atoms with Crippen molar-refractivity contribution in [3.05, 3.63) is 24.8 Å². The summed E-state index contributed by atoms with van der Waals surface area (Å²) in [7, 11) is 0. The second kappa shape index (κ2) is 6.70. The highest BCUT2D eigenvalue weighted by Gasteiger charge is 2.26. The zero-order valence-corrected chi connectivity index (χ0v) is 14.0. The number of aliphatic carboxylic acids is 1. The summed E-state index contributed by atoms with van der Waals surface area (Å²) in [6.45, 7) is 1.26. The van der Waals surface area contributed by atoms with Crippen molar-refractivity contribution in [3.63, 3.8) is 0 Å². The van der Waals surface area contributed by atoms with Gasteiger partial charge >= 0.3 is 5.97 Å². The number of aromatic hydroxyl groups is 1. The van der Waals surface area contributed by atoms with Crippen LogP contribution < -0.4 is 5.32 Å². The van der Waals surface area contributed by atoms with Crippen LogP contribution in [0.1, 0.15) is 17.3 Å². The predicted octanol–water partition coefficient (Wildman–Crippen LogP) is 1.17. The highest BCUT2D eigenvalue weighted by Crippen LogP contribution is 2.27. The lowest BCUT2D eigenvalue weighted by atomic mass is 10.1. The van der Waals surface area contributed by atoms with Gasteiger partial charge < -0.3 is 20.6 Å². The second-order valence-electron chi connectivity index (χ2n) is 3.81. The molecule has 0 unspecified atom stereocenters. The first kappa shape index (κ1) is 16.4. The molecule has 0 fully saturated rings. The molecule has 6 nitrogen and oxygen atoms in total. The maximum Gasteiger partial charge on any atom is 0.328 e. The standard InChI is InChI=1S/C11H11I2NO5/c1-4(15)8(11(18)19)14-10(17)6-2-5(12)3-7(13)9(6)16/h2-4,8,15-16H,1H3,(H,14,17)(H,18,19)/t4-,8+/m1/s1. The molecule has 19 heavy (non-hydrogen) atoms. The van der Waals surface area contributed by atoms with Gasteiger partial charge in [-0.15, -0.1) is 0 Å². The number of halogens is 2. The monoisotopic (exact) mass is 491 g/mol. The van der Waals surface area contributed by atoms with Gasteiger partial charge in [0.25, 0.3) is 5.91 Å². The van der Waals surface area contributed by atoms with E-state index in [4.69, 9.17) is 5.11 Å². The number of aliphatic hydroxyl groups excluding tert-OH is 1. The van der Waals surface area contributed by atoms with Gasteiger partial charge in [0.05, 0.1) is 15.2 Å². The Hall–Kier alpha value is -0.620. The highest BCUT2D eigenvalue weighted by atomic mass is 127. The van der Waals surface area contributed by atoms with Crippen molar-refractivity contribution in [2.75, 3.05) is 0 Å². The fourth-order valence-electron chi connectivity index (χ4n) is 1.35. The molecular weight excluding hydrogens is 480 g/mol. The summed E-state index contributed by atoms with van der Waals surface area (Å²) in [5.41, 5.74) is -0.0248. The zero-order chi connectivity index (χ0) is 14.7. The van der Waals surface area contributed by atoms with Crippen molar-refractivity contribution in [2.45, 2.75) is 19.1 Å². The van der Waals surface area contributed by atoms with Crippen LogP contribution in [0.3, 0.4) is 0 Å². The van der Waals surface area contributed by atoms with Gasteiger partial charge in [0.15, 0.2) is 6.04 Å². The lowest BCUT2D eigenvalue weighted by Gasteiger charge is -2.17. The van der Waals surface area contributed by atoms with Crippen molar-refractivity contribution in [3.8, 4) is 5.75 Å². The topological polar surface area (TPSA) is 107 Å². The number of rotatable bonds is 4. The minimum Gasteiger partial charge on any atom is -0.506 e. The van der Waals surface area contributed by atoms with E-state index in [9.17, 15) is 19.8 Å². The Balaban J connectivity index is 3.04. The fraction of sp³-hybridized carbons (Fsp3) is 0.273. The summed E-state index contributed by atoms with van der Waals surface area (Å²) in [6, 6.07) is 1.69. The summed E-state index contributed by atoms with van der Waals surface area (Å²) in [6.07, 6.45) is -1.24. The molecule has 0 saturated heterocycles. The minimum absolute atomic E-state index is 0.0248. The maximum absolute atomic E-state index is 11.9. The number of aliphatic hydroxyl groups is 1. The van der Waals surface area contributed by atoms with E-state index in [0.29, 0.717) is 3.57 Å². The summed E-state index contributed by atoms with van der Waals surface area (Å²) >= 11 is 3.85. The van der Waals surface area contributed by atoms with E-state index < -0.39 is 24.0 Å². The summed E-state index contributed by atoms with van der Waals surface area (Å²) < 4.78 is 1.22. The Morgan fingerprint density at radius 1 is 1.32 bits per heavy atom. The largest absolute Gasteiger partial charge is 0.506 e. The first-order valence-corrected chi connectivity index (χ1v) is 7.29. The maximum atomic E-state index is 11.9. The second-order valence-corrected chi connectivity index (χ2v) is 6.22. The van der Waals surface area contributed by atoms with E-state index in [1.54, 1.807) is 6.07 Å². The molecule has 2 atom stereocenters. The van der Waals surface area contributed by atoms with E-state index in [2.05, 4.69) is 5.32 Å². The molecule has 4 N–H and O–H groups in total. The number of nitrogens with one attached hydrogen (secondary N) is 1. The van der Waals surface area contributed by atoms with Crippen LogP contribution in [-0.4, -0.2) is 39.3 Å². The average molecular weight is 491 g/mol. The first-order chi connectivity index (χ1) is 8.73. The van der Waals surface area contributed by atoms with Crippen LogP contribution in [0, 0.1) is 7.14 Å². The van der Waals surface area contributed by atoms with Crippen LogP contribution in [0.5, 0.6) is 5.75 Å². The van der Waals surface area contributed by atoms with Crippen LogP contribution in [0.2, 0.25) is 0 Å². The number of hydrogen-bond donors (Lipinski definition) is 4. The van der Waals surface area contributed by atoms with Crippen LogP contribution >= 0.6 is 45.2 Å². The normalized spacial score (nSPS) is 13.7. The summed E-state index contributed by atoms with van der Waals surface area (Å²) in [5, 5.41) is 30.1. The van der Waals surface area contributed by atoms with Gasteiger partial charge in [-0.1, -0.05) is 0 Å². The van der Waals surface area contributed by atoms with Crippen LogP contribution in [0.25, 0.3) is 0 Å². The molecule has 1 aromatic carbocycles. The summed E-state index contributed by atoms with van der Waals surface area (Å²) in [5.74, 6) is -2.31. The number of carbonyl (C=O) groups excluding carboxylic acids is 1. The molecular formula is C11H11I2NO5. The molecule has 1 amide bonds. The molecule has 8 heteroatoms. The number of amides is 1. The Kier molecular flexibility index (Phi) is 5.80. The van der Waals surface area contributed by atoms with Gasteiger partial charge in [0, 0.05) is 3.57 Å². The molecule has 0 bridgehead atoms. The predicted molar refractivity (Wildman–Crippen MR) is 84.1 cm³/mol. The molecule has 0 aliphatic carbocycles. The number of carbonyl (C=O) groups is 2. The molecule has 1 rings (SSSR count). The van der Waals surface area contributed by atoms with Gasteiger partial charge in [0.2, 0.25) is 0 Å². The van der Waals surface area contributed by atoms with E-state index >= 15 is 0 Å². The summed E-state index contributed by atoms with van der Waals surface area (Å²) in [4.78, 5) is 22.8. The van der Waals surface area contributed by atoms with Gasteiger partial charge in [-0.25, -0.2) is 4.79 Å². The smallest absolute Gasteiger partial charge is 0.328 e. The number of carboxylic acid groups (broad SMARTS) is 1. The third kappa shape index (κ3) is 4.18. The third-order valence-corrected chi connectivity index (χ3v) is 3.75. The SMILES string of the molecule is C[C@@H](O)[C@H](NC(=O)c1cc(I)cc(I)c1O)C(=O)O. The molecule has 0 heterocycles. The van der Waals surface area contributed by atoms with E-state index in [1.165, 1.54) is 13.0 Å². The van der Waals surface area contributed by atoms with E-state index in [1.807, 2.05) is 45.2 Å². The number of carboxylic acids is 1. The number of benzene rings is 1. The van der Waals surface area contributed by atoms with E-state index in [-0.39, 0.29) is 11.3 Å². The Labute approximate surface area is 136 Å². The molecule has 0 aromatic heterocycles. The minimum atomic E-state index is -1.43. The van der Waals surface area contributed by atoms with Crippen molar-refractivity contribution in [1.82, 2.24) is 5.32 Å². The Morgan fingerprint density at radius 3 is 2.37 bits per heavy atom. The molecule has 0 aliphatic heterocycles. The fourth-order valence-corrected chi connectivity index (χ4v) is 3.19. The lowest BCUT2D eigenvalue weighted by Crippen LogP contribution is -2.47. The van der Waals surface area contributed by atoms with Crippen molar-refractivity contribution in [2.24, 2.45) is 0 Å². The first-order valence-electron chi connectivity index (χ1n) is 5.13. The van der Waals surface area contributed by atoms with Gasteiger partial charge in [-0.05, 0) is 64.2 Å². The Morgan fingerprint density at radius 2 is 1.89 bits per heavy atom. The lowest BCUT2D eigenvalue weighted by molar-refractivity contribution is -0.141. The number of phenolic OH excluding ortho intramolecular Hbond substituents is 1. The number of hydrogen-bond acceptors (Lipinski definition) is 4. The molecule has 0 saturated carbocycles. The van der Waals surface area contributed by atoms with Crippen molar-refractivity contribution in [1.29, 1.82) is 0 Å². The van der Waals surface area contributed by atoms with Gasteiger partial charge in [0.1, 0.15) is 5.75 Å². The number of phenols is 1. The molecule has 0 radical (unpaired) electrons. The van der Waals surface area contributed by atoms with E-state index in [0.717, 1.165) is 3.57 Å². The van der Waals surface area contributed by atoms with Crippen LogP contribution in [0.4, 0.5) is 0 Å². The molecule has 0 spiro atoms.